The number of carbonyl (C=O) groups excluding carboxylic acids is 1. The van der Waals surface area contributed by atoms with Crippen LogP contribution in [-0.2, 0) is 11.3 Å². The molecular formula is C20H22F2N2O2. The van der Waals surface area contributed by atoms with Gasteiger partial charge in [-0.3, -0.25) is 9.69 Å². The van der Waals surface area contributed by atoms with E-state index in [9.17, 15) is 13.6 Å². The Labute approximate surface area is 152 Å². The third kappa shape index (κ3) is 4.58. The zero-order valence-electron chi connectivity index (χ0n) is 14.8. The van der Waals surface area contributed by atoms with Crippen molar-refractivity contribution in [2.24, 2.45) is 0 Å². The molecule has 1 fully saturated rings. The highest BCUT2D eigenvalue weighted by Gasteiger charge is 2.22. The Hall–Kier alpha value is -2.47. The van der Waals surface area contributed by atoms with Gasteiger partial charge in [0.1, 0.15) is 5.82 Å². The van der Waals surface area contributed by atoms with Gasteiger partial charge >= 0.3 is 0 Å². The first-order valence-electron chi connectivity index (χ1n) is 8.65. The van der Waals surface area contributed by atoms with Gasteiger partial charge in [-0.15, -0.1) is 0 Å². The van der Waals surface area contributed by atoms with Gasteiger partial charge in [0.25, 0.3) is 5.91 Å². The highest BCUT2D eigenvalue weighted by Crippen LogP contribution is 2.18. The van der Waals surface area contributed by atoms with Crippen LogP contribution in [0.25, 0.3) is 0 Å². The molecule has 1 aliphatic heterocycles. The first-order valence-corrected chi connectivity index (χ1v) is 8.65. The van der Waals surface area contributed by atoms with Crippen molar-refractivity contribution in [3.63, 3.8) is 0 Å². The first kappa shape index (κ1) is 18.3. The summed E-state index contributed by atoms with van der Waals surface area (Å²) in [6.45, 7) is 5.50. The van der Waals surface area contributed by atoms with E-state index < -0.39 is 11.6 Å². The highest BCUT2D eigenvalue weighted by molar-refractivity contribution is 5.77. The molecule has 0 spiro atoms. The van der Waals surface area contributed by atoms with E-state index in [1.807, 2.05) is 12.1 Å². The minimum absolute atomic E-state index is 0.113. The fourth-order valence-corrected chi connectivity index (χ4v) is 3.01. The lowest BCUT2D eigenvalue weighted by Gasteiger charge is -2.35. The first-order chi connectivity index (χ1) is 12.5. The van der Waals surface area contributed by atoms with Gasteiger partial charge in [-0.25, -0.2) is 8.78 Å². The molecule has 3 rings (SSSR count). The van der Waals surface area contributed by atoms with Crippen molar-refractivity contribution in [2.75, 3.05) is 32.8 Å². The average Bonchev–Trinajstić information content (AvgIpc) is 2.63. The SMILES string of the molecule is Cc1ccccc1CN1CCN(C(=O)COc2ccc(F)cc2F)CC1. The van der Waals surface area contributed by atoms with Crippen LogP contribution in [0, 0.1) is 18.6 Å². The summed E-state index contributed by atoms with van der Waals surface area (Å²) in [6.07, 6.45) is 0. The fraction of sp³-hybridized carbons (Fsp3) is 0.350. The maximum absolute atomic E-state index is 13.5. The molecule has 1 saturated heterocycles. The lowest BCUT2D eigenvalue weighted by Crippen LogP contribution is -2.49. The minimum Gasteiger partial charge on any atom is -0.481 e. The van der Waals surface area contributed by atoms with E-state index in [-0.39, 0.29) is 18.3 Å². The van der Waals surface area contributed by atoms with Gasteiger partial charge in [0.2, 0.25) is 0 Å². The summed E-state index contributed by atoms with van der Waals surface area (Å²) in [6, 6.07) is 11.3. The molecule has 1 amide bonds. The summed E-state index contributed by atoms with van der Waals surface area (Å²) in [5.74, 6) is -1.78. The number of piperazine rings is 1. The largest absolute Gasteiger partial charge is 0.481 e. The van der Waals surface area contributed by atoms with Crippen molar-refractivity contribution in [1.82, 2.24) is 9.80 Å². The molecule has 1 aliphatic rings. The van der Waals surface area contributed by atoms with Gasteiger partial charge in [-0.1, -0.05) is 24.3 Å². The molecule has 26 heavy (non-hydrogen) atoms. The maximum atomic E-state index is 13.5. The number of halogens is 2. The smallest absolute Gasteiger partial charge is 0.260 e. The minimum atomic E-state index is -0.805. The van der Waals surface area contributed by atoms with Gasteiger partial charge in [0.15, 0.2) is 18.2 Å². The van der Waals surface area contributed by atoms with E-state index in [0.717, 1.165) is 31.8 Å². The van der Waals surface area contributed by atoms with Crippen molar-refractivity contribution in [3.8, 4) is 5.75 Å². The van der Waals surface area contributed by atoms with Crippen LogP contribution >= 0.6 is 0 Å². The summed E-state index contributed by atoms with van der Waals surface area (Å²) < 4.78 is 31.6. The molecule has 0 aliphatic carbocycles. The third-order valence-corrected chi connectivity index (χ3v) is 4.63. The quantitative estimate of drug-likeness (QED) is 0.822. The summed E-state index contributed by atoms with van der Waals surface area (Å²) in [5, 5.41) is 0. The van der Waals surface area contributed by atoms with E-state index in [1.165, 1.54) is 17.2 Å². The summed E-state index contributed by atoms with van der Waals surface area (Å²) in [4.78, 5) is 16.3. The molecule has 0 radical (unpaired) electrons. The molecule has 0 aromatic heterocycles. The molecule has 0 bridgehead atoms. The Kier molecular flexibility index (Phi) is 5.83. The standard InChI is InChI=1S/C20H22F2N2O2/c1-15-4-2-3-5-16(15)13-23-8-10-24(11-9-23)20(25)14-26-19-7-6-17(21)12-18(19)22/h2-7,12H,8-11,13-14H2,1H3. The van der Waals surface area contributed by atoms with Crippen LogP contribution in [0.15, 0.2) is 42.5 Å². The molecular weight excluding hydrogens is 338 g/mol. The third-order valence-electron chi connectivity index (χ3n) is 4.63. The van der Waals surface area contributed by atoms with Gasteiger partial charge in [0.05, 0.1) is 0 Å². The predicted molar refractivity (Wildman–Crippen MR) is 94.9 cm³/mol. The van der Waals surface area contributed by atoms with E-state index in [4.69, 9.17) is 4.74 Å². The Morgan fingerprint density at radius 3 is 2.50 bits per heavy atom. The molecule has 0 N–H and O–H groups in total. The molecule has 6 heteroatoms. The van der Waals surface area contributed by atoms with Crippen molar-refractivity contribution < 1.29 is 18.3 Å². The number of aryl methyl sites for hydroxylation is 1. The fourth-order valence-electron chi connectivity index (χ4n) is 3.01. The van der Waals surface area contributed by atoms with Crippen molar-refractivity contribution in [3.05, 3.63) is 65.2 Å². The normalized spacial score (nSPS) is 15.1. The molecule has 4 nitrogen and oxygen atoms in total. The summed E-state index contributed by atoms with van der Waals surface area (Å²) in [7, 11) is 0. The number of nitrogens with zero attached hydrogens (tertiary/aromatic N) is 2. The Morgan fingerprint density at radius 2 is 1.81 bits per heavy atom. The number of benzene rings is 2. The van der Waals surface area contributed by atoms with Crippen LogP contribution in [0.4, 0.5) is 8.78 Å². The molecule has 0 atom stereocenters. The number of rotatable bonds is 5. The summed E-state index contributed by atoms with van der Waals surface area (Å²) in [5.41, 5.74) is 2.56. The van der Waals surface area contributed by atoms with Crippen LogP contribution in [0.2, 0.25) is 0 Å². The van der Waals surface area contributed by atoms with E-state index in [0.29, 0.717) is 13.1 Å². The average molecular weight is 360 g/mol. The van der Waals surface area contributed by atoms with E-state index in [2.05, 4.69) is 24.0 Å². The number of ether oxygens (including phenoxy) is 1. The van der Waals surface area contributed by atoms with Gasteiger partial charge in [-0.2, -0.15) is 0 Å². The van der Waals surface area contributed by atoms with Crippen LogP contribution in [0.1, 0.15) is 11.1 Å². The van der Waals surface area contributed by atoms with Crippen molar-refractivity contribution >= 4 is 5.91 Å². The second-order valence-electron chi connectivity index (χ2n) is 6.45. The Bertz CT molecular complexity index is 774. The van der Waals surface area contributed by atoms with Gasteiger partial charge in [-0.05, 0) is 30.2 Å². The van der Waals surface area contributed by atoms with Crippen molar-refractivity contribution in [1.29, 1.82) is 0 Å². The lowest BCUT2D eigenvalue weighted by molar-refractivity contribution is -0.135. The molecule has 2 aromatic carbocycles. The number of hydrogen-bond donors (Lipinski definition) is 0. The van der Waals surface area contributed by atoms with Gasteiger partial charge in [0, 0.05) is 38.8 Å². The summed E-state index contributed by atoms with van der Waals surface area (Å²) >= 11 is 0. The maximum Gasteiger partial charge on any atom is 0.260 e. The van der Waals surface area contributed by atoms with Crippen LogP contribution in [0.3, 0.4) is 0 Å². The van der Waals surface area contributed by atoms with Gasteiger partial charge < -0.3 is 9.64 Å². The zero-order chi connectivity index (χ0) is 18.5. The second-order valence-corrected chi connectivity index (χ2v) is 6.45. The molecule has 0 unspecified atom stereocenters. The molecule has 2 aromatic rings. The second kappa shape index (κ2) is 8.27. The molecule has 1 heterocycles. The Morgan fingerprint density at radius 1 is 1.08 bits per heavy atom. The molecule has 138 valence electrons. The van der Waals surface area contributed by atoms with E-state index in [1.54, 1.807) is 4.90 Å². The topological polar surface area (TPSA) is 32.8 Å². The number of hydrogen-bond acceptors (Lipinski definition) is 3. The van der Waals surface area contributed by atoms with Crippen LogP contribution in [0.5, 0.6) is 5.75 Å². The highest BCUT2D eigenvalue weighted by atomic mass is 19.1. The Balaban J connectivity index is 1.47. The van der Waals surface area contributed by atoms with E-state index >= 15 is 0 Å². The number of amides is 1. The predicted octanol–water partition coefficient (Wildman–Crippen LogP) is 3.00. The lowest BCUT2D eigenvalue weighted by atomic mass is 10.1. The molecule has 0 saturated carbocycles. The van der Waals surface area contributed by atoms with Crippen molar-refractivity contribution in [2.45, 2.75) is 13.5 Å². The monoisotopic (exact) mass is 360 g/mol. The zero-order valence-corrected chi connectivity index (χ0v) is 14.8. The van der Waals surface area contributed by atoms with Crippen LogP contribution in [-0.4, -0.2) is 48.5 Å². The van der Waals surface area contributed by atoms with Crippen LogP contribution < -0.4 is 4.74 Å². The number of carbonyl (C=O) groups is 1.